The zero-order valence-corrected chi connectivity index (χ0v) is 6.60. The lowest BCUT2D eigenvalue weighted by atomic mass is 10.1. The van der Waals surface area contributed by atoms with Crippen LogP contribution in [0.1, 0.15) is 18.5 Å². The van der Waals surface area contributed by atoms with Gasteiger partial charge in [0.1, 0.15) is 0 Å². The molecule has 5 heteroatoms. The van der Waals surface area contributed by atoms with Gasteiger partial charge in [-0.2, -0.15) is 10.5 Å². The van der Waals surface area contributed by atoms with E-state index in [0.717, 1.165) is 0 Å². The summed E-state index contributed by atoms with van der Waals surface area (Å²) in [5.41, 5.74) is 0.558. The van der Waals surface area contributed by atoms with Gasteiger partial charge in [0.2, 0.25) is 0 Å². The molecule has 1 aromatic heterocycles. The van der Waals surface area contributed by atoms with Gasteiger partial charge in [-0.25, -0.2) is 4.68 Å². The molecule has 0 saturated heterocycles. The summed E-state index contributed by atoms with van der Waals surface area (Å²) in [4.78, 5) is 0. The minimum atomic E-state index is -0.764. The van der Waals surface area contributed by atoms with Gasteiger partial charge in [-0.05, 0) is 6.92 Å². The number of aryl methyl sites for hydroxylation is 1. The van der Waals surface area contributed by atoms with Crippen molar-refractivity contribution < 1.29 is 0 Å². The van der Waals surface area contributed by atoms with Gasteiger partial charge < -0.3 is 0 Å². The van der Waals surface area contributed by atoms with Gasteiger partial charge in [0.05, 0.1) is 24.0 Å². The highest BCUT2D eigenvalue weighted by Gasteiger charge is 2.14. The predicted octanol–water partition coefficient (Wildman–Crippen LogP) is 0.429. The van der Waals surface area contributed by atoms with Crippen LogP contribution in [-0.2, 0) is 6.54 Å². The molecule has 0 N–H and O–H groups in total. The molecule has 0 aromatic carbocycles. The molecule has 0 radical (unpaired) electrons. The van der Waals surface area contributed by atoms with E-state index in [0.29, 0.717) is 12.2 Å². The van der Waals surface area contributed by atoms with Gasteiger partial charge >= 0.3 is 0 Å². The Labute approximate surface area is 69.8 Å². The van der Waals surface area contributed by atoms with E-state index in [4.69, 9.17) is 10.5 Å². The number of rotatable bonds is 2. The average Bonchev–Trinajstić information content (AvgIpc) is 2.55. The first-order chi connectivity index (χ1) is 5.83. The van der Waals surface area contributed by atoms with Crippen molar-refractivity contribution in [1.29, 1.82) is 10.5 Å². The largest absolute Gasteiger partial charge is 0.247 e. The van der Waals surface area contributed by atoms with Crippen LogP contribution in [0.5, 0.6) is 0 Å². The van der Waals surface area contributed by atoms with Gasteiger partial charge in [0, 0.05) is 6.54 Å². The van der Waals surface area contributed by atoms with Crippen LogP contribution in [0.25, 0.3) is 0 Å². The molecule has 5 nitrogen and oxygen atoms in total. The SMILES string of the molecule is CCn1nncc1C(C#N)C#N. The number of nitriles is 2. The molecule has 12 heavy (non-hydrogen) atoms. The lowest BCUT2D eigenvalue weighted by Crippen LogP contribution is -2.05. The first-order valence-electron chi connectivity index (χ1n) is 3.51. The van der Waals surface area contributed by atoms with E-state index < -0.39 is 5.92 Å². The Morgan fingerprint density at radius 1 is 1.58 bits per heavy atom. The first kappa shape index (κ1) is 8.22. The van der Waals surface area contributed by atoms with Crippen molar-refractivity contribution >= 4 is 0 Å². The van der Waals surface area contributed by atoms with E-state index in [1.807, 2.05) is 19.1 Å². The maximum absolute atomic E-state index is 8.58. The summed E-state index contributed by atoms with van der Waals surface area (Å²) in [6, 6.07) is 3.73. The third-order valence-electron chi connectivity index (χ3n) is 1.50. The summed E-state index contributed by atoms with van der Waals surface area (Å²) in [5.74, 6) is -0.764. The van der Waals surface area contributed by atoms with Crippen LogP contribution in [0.15, 0.2) is 6.20 Å². The molecule has 1 aromatic rings. The van der Waals surface area contributed by atoms with Crippen LogP contribution in [0.3, 0.4) is 0 Å². The minimum Gasteiger partial charge on any atom is -0.247 e. The molecule has 0 aliphatic heterocycles. The van der Waals surface area contributed by atoms with E-state index in [-0.39, 0.29) is 0 Å². The summed E-state index contributed by atoms with van der Waals surface area (Å²) >= 11 is 0. The van der Waals surface area contributed by atoms with E-state index in [2.05, 4.69) is 10.3 Å². The molecule has 0 amide bonds. The molecular weight excluding hydrogens is 154 g/mol. The molecule has 60 valence electrons. The van der Waals surface area contributed by atoms with E-state index in [1.165, 1.54) is 10.9 Å². The number of hydrogen-bond acceptors (Lipinski definition) is 4. The monoisotopic (exact) mass is 161 g/mol. The van der Waals surface area contributed by atoms with E-state index >= 15 is 0 Å². The normalized spacial score (nSPS) is 9.33. The van der Waals surface area contributed by atoms with Gasteiger partial charge in [-0.3, -0.25) is 0 Å². The second kappa shape index (κ2) is 3.49. The minimum absolute atomic E-state index is 0.558. The summed E-state index contributed by atoms with van der Waals surface area (Å²) in [7, 11) is 0. The molecule has 0 fully saturated rings. The first-order valence-corrected chi connectivity index (χ1v) is 3.51. The van der Waals surface area contributed by atoms with Gasteiger partial charge in [0.25, 0.3) is 0 Å². The van der Waals surface area contributed by atoms with Crippen molar-refractivity contribution in [1.82, 2.24) is 15.0 Å². The zero-order chi connectivity index (χ0) is 8.97. The van der Waals surface area contributed by atoms with Gasteiger partial charge in [-0.1, -0.05) is 5.21 Å². The Kier molecular flexibility index (Phi) is 2.39. The summed E-state index contributed by atoms with van der Waals surface area (Å²) in [5, 5.41) is 24.5. The van der Waals surface area contributed by atoms with Gasteiger partial charge in [0.15, 0.2) is 5.92 Å². The fourth-order valence-corrected chi connectivity index (χ4v) is 0.896. The van der Waals surface area contributed by atoms with Crippen LogP contribution in [0.4, 0.5) is 0 Å². The van der Waals surface area contributed by atoms with Gasteiger partial charge in [-0.15, -0.1) is 5.10 Å². The van der Waals surface area contributed by atoms with Crippen LogP contribution in [-0.4, -0.2) is 15.0 Å². The lowest BCUT2D eigenvalue weighted by molar-refractivity contribution is 0.599. The Balaban J connectivity index is 3.03. The Morgan fingerprint density at radius 2 is 2.25 bits per heavy atom. The Hall–Kier alpha value is -1.88. The second-order valence-corrected chi connectivity index (χ2v) is 2.17. The fraction of sp³-hybridized carbons (Fsp3) is 0.429. The molecule has 0 spiro atoms. The third kappa shape index (κ3) is 1.25. The molecule has 0 unspecified atom stereocenters. The highest BCUT2D eigenvalue weighted by atomic mass is 15.4. The molecule has 0 saturated carbocycles. The van der Waals surface area contributed by atoms with E-state index in [9.17, 15) is 0 Å². The maximum atomic E-state index is 8.58. The van der Waals surface area contributed by atoms with Crippen molar-refractivity contribution in [3.8, 4) is 12.1 Å². The molecule has 0 aliphatic rings. The summed E-state index contributed by atoms with van der Waals surface area (Å²) in [6.07, 6.45) is 1.45. The quantitative estimate of drug-likeness (QED) is 0.630. The molecule has 0 atom stereocenters. The highest BCUT2D eigenvalue weighted by molar-refractivity contribution is 5.22. The number of nitrogens with zero attached hydrogens (tertiary/aromatic N) is 5. The Morgan fingerprint density at radius 3 is 2.75 bits per heavy atom. The maximum Gasteiger partial charge on any atom is 0.176 e. The smallest absolute Gasteiger partial charge is 0.176 e. The summed E-state index contributed by atoms with van der Waals surface area (Å²) in [6.45, 7) is 2.50. The molecule has 1 rings (SSSR count). The van der Waals surface area contributed by atoms with Crippen LogP contribution < -0.4 is 0 Å². The number of hydrogen-bond donors (Lipinski definition) is 0. The predicted molar refractivity (Wildman–Crippen MR) is 39.7 cm³/mol. The van der Waals surface area contributed by atoms with Crippen LogP contribution in [0, 0.1) is 22.7 Å². The zero-order valence-electron chi connectivity index (χ0n) is 6.60. The van der Waals surface area contributed by atoms with E-state index in [1.54, 1.807) is 0 Å². The molecule has 0 bridgehead atoms. The fourth-order valence-electron chi connectivity index (χ4n) is 0.896. The van der Waals surface area contributed by atoms with Crippen LogP contribution >= 0.6 is 0 Å². The van der Waals surface area contributed by atoms with Crippen molar-refractivity contribution in [2.24, 2.45) is 0 Å². The molecular formula is C7H7N5. The van der Waals surface area contributed by atoms with Crippen molar-refractivity contribution in [2.75, 3.05) is 0 Å². The lowest BCUT2D eigenvalue weighted by Gasteiger charge is -2.00. The molecule has 1 heterocycles. The standard InChI is InChI=1S/C7H7N5/c1-2-12-7(5-10-11-12)6(3-8)4-9/h5-6H,2H2,1H3. The Bertz CT molecular complexity index is 325. The van der Waals surface area contributed by atoms with Crippen molar-refractivity contribution in [2.45, 2.75) is 19.4 Å². The topological polar surface area (TPSA) is 78.3 Å². The number of aromatic nitrogens is 3. The highest BCUT2D eigenvalue weighted by Crippen LogP contribution is 2.11. The average molecular weight is 161 g/mol. The summed E-state index contributed by atoms with van der Waals surface area (Å²) < 4.78 is 1.54. The van der Waals surface area contributed by atoms with Crippen molar-refractivity contribution in [3.63, 3.8) is 0 Å². The molecule has 0 aliphatic carbocycles. The third-order valence-corrected chi connectivity index (χ3v) is 1.50. The van der Waals surface area contributed by atoms with Crippen LogP contribution in [0.2, 0.25) is 0 Å². The van der Waals surface area contributed by atoms with Crippen molar-refractivity contribution in [3.05, 3.63) is 11.9 Å². The second-order valence-electron chi connectivity index (χ2n) is 2.17.